The lowest BCUT2D eigenvalue weighted by Gasteiger charge is -2.11. The fraction of sp³-hybridized carbons (Fsp3) is 0.190. The van der Waals surface area contributed by atoms with E-state index >= 15 is 0 Å². The van der Waals surface area contributed by atoms with Crippen LogP contribution in [0.2, 0.25) is 0 Å². The van der Waals surface area contributed by atoms with Crippen LogP contribution in [-0.4, -0.2) is 22.4 Å². The Hall–Kier alpha value is -3.48. The second kappa shape index (κ2) is 8.94. The minimum atomic E-state index is -0.201. The molecule has 0 saturated carbocycles. The van der Waals surface area contributed by atoms with Gasteiger partial charge in [0.1, 0.15) is 23.3 Å². The van der Waals surface area contributed by atoms with Gasteiger partial charge in [-0.3, -0.25) is 4.79 Å². The monoisotopic (exact) mass is 379 g/mol. The van der Waals surface area contributed by atoms with Crippen molar-refractivity contribution in [2.45, 2.75) is 20.3 Å². The summed E-state index contributed by atoms with van der Waals surface area (Å²) < 4.78 is 13.7. The lowest BCUT2D eigenvalue weighted by atomic mass is 10.1. The number of nitrogens with zero attached hydrogens (tertiary/aromatic N) is 2. The van der Waals surface area contributed by atoms with Gasteiger partial charge in [-0.2, -0.15) is 0 Å². The molecule has 1 heterocycles. The number of hydrogen-bond donors (Lipinski definition) is 3. The van der Waals surface area contributed by atoms with Crippen LogP contribution in [0.3, 0.4) is 0 Å². The summed E-state index contributed by atoms with van der Waals surface area (Å²) in [5, 5.41) is 9.16. The molecule has 0 bridgehead atoms. The SMILES string of the molecule is CC(=O)Nc1ccc(Nc2cc(NCCc3ccccc3F)nc(C)n2)cc1. The Bertz CT molecular complexity index is 959. The molecule has 144 valence electrons. The molecule has 2 aromatic carbocycles. The fourth-order valence-corrected chi connectivity index (χ4v) is 2.74. The van der Waals surface area contributed by atoms with E-state index in [2.05, 4.69) is 25.9 Å². The van der Waals surface area contributed by atoms with Crippen molar-refractivity contribution in [3.8, 4) is 0 Å². The molecule has 0 radical (unpaired) electrons. The molecule has 0 aliphatic heterocycles. The van der Waals surface area contributed by atoms with E-state index < -0.39 is 0 Å². The highest BCUT2D eigenvalue weighted by atomic mass is 19.1. The largest absolute Gasteiger partial charge is 0.370 e. The number of carbonyl (C=O) groups excluding carboxylic acids is 1. The first-order valence-corrected chi connectivity index (χ1v) is 8.97. The third-order valence-electron chi connectivity index (χ3n) is 3.97. The van der Waals surface area contributed by atoms with E-state index in [4.69, 9.17) is 0 Å². The Balaban J connectivity index is 1.62. The standard InChI is InChI=1S/C21H22FN5O/c1-14-24-20(23-12-11-16-5-3-4-6-19(16)22)13-21(25-14)27-18-9-7-17(8-10-18)26-15(2)28/h3-10,13H,11-12H2,1-2H3,(H,26,28)(H2,23,24,25,27). The highest BCUT2D eigenvalue weighted by Crippen LogP contribution is 2.20. The van der Waals surface area contributed by atoms with Gasteiger partial charge in [0.05, 0.1) is 0 Å². The lowest BCUT2D eigenvalue weighted by molar-refractivity contribution is -0.114. The Kier molecular flexibility index (Phi) is 6.16. The van der Waals surface area contributed by atoms with Gasteiger partial charge in [-0.15, -0.1) is 0 Å². The summed E-state index contributed by atoms with van der Waals surface area (Å²) in [7, 11) is 0. The highest BCUT2D eigenvalue weighted by Gasteiger charge is 2.05. The van der Waals surface area contributed by atoms with E-state index in [0.717, 1.165) is 11.4 Å². The molecule has 28 heavy (non-hydrogen) atoms. The zero-order valence-corrected chi connectivity index (χ0v) is 15.8. The van der Waals surface area contributed by atoms with E-state index in [9.17, 15) is 9.18 Å². The number of hydrogen-bond acceptors (Lipinski definition) is 5. The second-order valence-corrected chi connectivity index (χ2v) is 6.34. The molecule has 1 amide bonds. The Morgan fingerprint density at radius 1 is 1.00 bits per heavy atom. The number of nitrogens with one attached hydrogen (secondary N) is 3. The summed E-state index contributed by atoms with van der Waals surface area (Å²) in [6, 6.07) is 15.9. The quantitative estimate of drug-likeness (QED) is 0.571. The molecule has 3 rings (SSSR count). The van der Waals surface area contributed by atoms with Crippen LogP contribution >= 0.6 is 0 Å². The molecule has 0 aliphatic carbocycles. The second-order valence-electron chi connectivity index (χ2n) is 6.34. The summed E-state index contributed by atoms with van der Waals surface area (Å²) in [5.41, 5.74) is 2.23. The van der Waals surface area contributed by atoms with Gasteiger partial charge in [0.2, 0.25) is 5.91 Å². The number of halogens is 1. The van der Waals surface area contributed by atoms with E-state index in [-0.39, 0.29) is 11.7 Å². The fourth-order valence-electron chi connectivity index (χ4n) is 2.74. The molecule has 1 aromatic heterocycles. The molecule has 0 atom stereocenters. The zero-order valence-electron chi connectivity index (χ0n) is 15.8. The summed E-state index contributed by atoms with van der Waals surface area (Å²) in [5.74, 6) is 1.62. The molecule has 0 fully saturated rings. The molecular weight excluding hydrogens is 357 g/mol. The first kappa shape index (κ1) is 19.3. The van der Waals surface area contributed by atoms with Crippen LogP contribution in [0.4, 0.5) is 27.4 Å². The molecule has 3 aromatic rings. The van der Waals surface area contributed by atoms with Crippen molar-refractivity contribution < 1.29 is 9.18 Å². The first-order valence-electron chi connectivity index (χ1n) is 8.97. The van der Waals surface area contributed by atoms with Gasteiger partial charge in [0.25, 0.3) is 0 Å². The number of amides is 1. The van der Waals surface area contributed by atoms with Crippen LogP contribution in [0.25, 0.3) is 0 Å². The van der Waals surface area contributed by atoms with Crippen molar-refractivity contribution >= 4 is 28.9 Å². The van der Waals surface area contributed by atoms with Crippen molar-refractivity contribution in [3.63, 3.8) is 0 Å². The number of carbonyl (C=O) groups is 1. The Labute approximate surface area is 163 Å². The van der Waals surface area contributed by atoms with Gasteiger partial charge < -0.3 is 16.0 Å². The normalized spacial score (nSPS) is 10.4. The summed E-state index contributed by atoms with van der Waals surface area (Å²) in [4.78, 5) is 19.8. The predicted octanol–water partition coefficient (Wildman–Crippen LogP) is 4.28. The van der Waals surface area contributed by atoms with Gasteiger partial charge in [-0.05, 0) is 49.2 Å². The third-order valence-corrected chi connectivity index (χ3v) is 3.97. The summed E-state index contributed by atoms with van der Waals surface area (Å²) in [6.07, 6.45) is 0.559. The van der Waals surface area contributed by atoms with E-state index in [0.29, 0.717) is 36.0 Å². The van der Waals surface area contributed by atoms with Gasteiger partial charge in [0.15, 0.2) is 0 Å². The average molecular weight is 379 g/mol. The van der Waals surface area contributed by atoms with Crippen molar-refractivity contribution in [2.24, 2.45) is 0 Å². The zero-order chi connectivity index (χ0) is 19.9. The minimum absolute atomic E-state index is 0.113. The Morgan fingerprint density at radius 2 is 1.68 bits per heavy atom. The molecule has 6 nitrogen and oxygen atoms in total. The van der Waals surface area contributed by atoms with Crippen molar-refractivity contribution in [2.75, 3.05) is 22.5 Å². The van der Waals surface area contributed by atoms with Crippen LogP contribution in [0.5, 0.6) is 0 Å². The van der Waals surface area contributed by atoms with Crippen molar-refractivity contribution in [3.05, 3.63) is 71.8 Å². The minimum Gasteiger partial charge on any atom is -0.370 e. The van der Waals surface area contributed by atoms with Crippen LogP contribution in [0.15, 0.2) is 54.6 Å². The van der Waals surface area contributed by atoms with Gasteiger partial charge >= 0.3 is 0 Å². The van der Waals surface area contributed by atoms with E-state index in [1.54, 1.807) is 18.2 Å². The van der Waals surface area contributed by atoms with Gasteiger partial charge in [-0.1, -0.05) is 18.2 Å². The summed E-state index contributed by atoms with van der Waals surface area (Å²) in [6.45, 7) is 3.84. The van der Waals surface area contributed by atoms with Crippen LogP contribution in [0, 0.1) is 12.7 Å². The molecule has 0 saturated heterocycles. The molecule has 7 heteroatoms. The molecule has 3 N–H and O–H groups in total. The predicted molar refractivity (Wildman–Crippen MR) is 109 cm³/mol. The lowest BCUT2D eigenvalue weighted by Crippen LogP contribution is -2.09. The highest BCUT2D eigenvalue weighted by molar-refractivity contribution is 5.88. The van der Waals surface area contributed by atoms with Crippen molar-refractivity contribution in [1.82, 2.24) is 9.97 Å². The van der Waals surface area contributed by atoms with Crippen LogP contribution < -0.4 is 16.0 Å². The average Bonchev–Trinajstić information content (AvgIpc) is 2.64. The summed E-state index contributed by atoms with van der Waals surface area (Å²) >= 11 is 0. The molecule has 0 aliphatic rings. The first-order chi connectivity index (χ1) is 13.5. The molecule has 0 unspecified atom stereocenters. The van der Waals surface area contributed by atoms with Gasteiger partial charge in [-0.25, -0.2) is 14.4 Å². The maximum atomic E-state index is 13.7. The number of rotatable bonds is 7. The molecular formula is C21H22FN5O. The van der Waals surface area contributed by atoms with E-state index in [1.807, 2.05) is 37.3 Å². The maximum absolute atomic E-state index is 13.7. The number of aromatic nitrogens is 2. The van der Waals surface area contributed by atoms with Crippen molar-refractivity contribution in [1.29, 1.82) is 0 Å². The molecule has 0 spiro atoms. The van der Waals surface area contributed by atoms with Gasteiger partial charge in [0, 0.05) is 30.9 Å². The van der Waals surface area contributed by atoms with Crippen LogP contribution in [-0.2, 0) is 11.2 Å². The maximum Gasteiger partial charge on any atom is 0.221 e. The number of anilines is 4. The smallest absolute Gasteiger partial charge is 0.221 e. The van der Waals surface area contributed by atoms with E-state index in [1.165, 1.54) is 13.0 Å². The third kappa shape index (κ3) is 5.51. The van der Waals surface area contributed by atoms with Crippen LogP contribution in [0.1, 0.15) is 18.3 Å². The number of benzene rings is 2. The number of aryl methyl sites for hydroxylation is 1. The Morgan fingerprint density at radius 3 is 2.39 bits per heavy atom. The topological polar surface area (TPSA) is 78.9 Å².